The van der Waals surface area contributed by atoms with E-state index in [9.17, 15) is 10.1 Å². The van der Waals surface area contributed by atoms with Crippen LogP contribution in [0.15, 0.2) is 24.4 Å². The van der Waals surface area contributed by atoms with Crippen LogP contribution in [0.1, 0.15) is 5.56 Å². The zero-order chi connectivity index (χ0) is 9.84. The second-order valence-electron chi connectivity index (χ2n) is 2.27. The SMILES string of the molecule is O=[N+]([O-])C=Cc1ccc(Cl)c(I)c1. The molecule has 0 unspecified atom stereocenters. The van der Waals surface area contributed by atoms with Gasteiger partial charge in [-0.1, -0.05) is 17.7 Å². The molecular formula is C8H5ClINO2. The second kappa shape index (κ2) is 4.57. The van der Waals surface area contributed by atoms with Crippen molar-refractivity contribution in [3.8, 4) is 0 Å². The average molecular weight is 309 g/mol. The molecule has 0 fully saturated rings. The summed E-state index contributed by atoms with van der Waals surface area (Å²) in [5.74, 6) is 0. The lowest BCUT2D eigenvalue weighted by atomic mass is 10.2. The monoisotopic (exact) mass is 309 g/mol. The van der Waals surface area contributed by atoms with E-state index >= 15 is 0 Å². The smallest absolute Gasteiger partial charge is 0.235 e. The van der Waals surface area contributed by atoms with Crippen molar-refractivity contribution >= 4 is 40.3 Å². The first-order chi connectivity index (χ1) is 6.09. The van der Waals surface area contributed by atoms with E-state index in [0.717, 1.165) is 15.3 Å². The van der Waals surface area contributed by atoms with E-state index in [1.165, 1.54) is 6.08 Å². The molecule has 0 atom stereocenters. The molecule has 1 rings (SSSR count). The van der Waals surface area contributed by atoms with Gasteiger partial charge in [0.1, 0.15) is 0 Å². The van der Waals surface area contributed by atoms with Gasteiger partial charge in [0.15, 0.2) is 0 Å². The van der Waals surface area contributed by atoms with E-state index in [1.807, 2.05) is 0 Å². The van der Waals surface area contributed by atoms with E-state index in [-0.39, 0.29) is 0 Å². The molecule has 68 valence electrons. The standard InChI is InChI=1S/C8H5ClINO2/c9-7-2-1-6(5-8(7)10)3-4-11(12)13/h1-5H. The molecule has 1 aromatic carbocycles. The lowest BCUT2D eigenvalue weighted by molar-refractivity contribution is -0.400. The van der Waals surface area contributed by atoms with E-state index in [2.05, 4.69) is 22.6 Å². The van der Waals surface area contributed by atoms with Crippen LogP contribution in [0.4, 0.5) is 0 Å². The Labute approximate surface area is 93.7 Å². The fourth-order valence-corrected chi connectivity index (χ4v) is 1.42. The Morgan fingerprint density at radius 3 is 2.77 bits per heavy atom. The summed E-state index contributed by atoms with van der Waals surface area (Å²) in [5.41, 5.74) is 0.769. The minimum absolute atomic E-state index is 0.499. The number of nitro groups is 1. The van der Waals surface area contributed by atoms with Crippen LogP contribution in [0.25, 0.3) is 6.08 Å². The van der Waals surface area contributed by atoms with E-state index in [4.69, 9.17) is 11.6 Å². The Bertz CT molecular complexity index is 365. The molecule has 1 aromatic rings. The van der Waals surface area contributed by atoms with Crippen LogP contribution in [-0.4, -0.2) is 4.92 Å². The van der Waals surface area contributed by atoms with Gasteiger partial charge in [-0.05, 0) is 40.3 Å². The molecule has 0 aliphatic rings. The summed E-state index contributed by atoms with van der Waals surface area (Å²) in [6.07, 6.45) is 2.33. The summed E-state index contributed by atoms with van der Waals surface area (Å²) in [5, 5.41) is 10.7. The summed E-state index contributed by atoms with van der Waals surface area (Å²) >= 11 is 7.85. The largest absolute Gasteiger partial charge is 0.259 e. The topological polar surface area (TPSA) is 43.1 Å². The van der Waals surface area contributed by atoms with Gasteiger partial charge in [-0.15, -0.1) is 0 Å². The van der Waals surface area contributed by atoms with Crippen molar-refractivity contribution in [2.45, 2.75) is 0 Å². The zero-order valence-electron chi connectivity index (χ0n) is 6.41. The molecule has 3 nitrogen and oxygen atoms in total. The Kier molecular flexibility index (Phi) is 3.68. The third-order valence-electron chi connectivity index (χ3n) is 1.33. The van der Waals surface area contributed by atoms with Crippen LogP contribution < -0.4 is 0 Å². The van der Waals surface area contributed by atoms with Gasteiger partial charge in [0.25, 0.3) is 0 Å². The van der Waals surface area contributed by atoms with Gasteiger partial charge < -0.3 is 0 Å². The van der Waals surface area contributed by atoms with Gasteiger partial charge in [0, 0.05) is 9.65 Å². The highest BCUT2D eigenvalue weighted by atomic mass is 127. The highest BCUT2D eigenvalue weighted by Gasteiger charge is 1.96. The fourth-order valence-electron chi connectivity index (χ4n) is 0.763. The summed E-state index contributed by atoms with van der Waals surface area (Å²) in [6.45, 7) is 0. The maximum atomic E-state index is 10.0. The first-order valence-electron chi connectivity index (χ1n) is 3.36. The van der Waals surface area contributed by atoms with Crippen LogP contribution in [0, 0.1) is 13.7 Å². The first kappa shape index (κ1) is 10.5. The van der Waals surface area contributed by atoms with Gasteiger partial charge in [-0.3, -0.25) is 10.1 Å². The van der Waals surface area contributed by atoms with Crippen molar-refractivity contribution in [3.05, 3.63) is 48.7 Å². The molecule has 13 heavy (non-hydrogen) atoms. The summed E-state index contributed by atoms with van der Waals surface area (Å²) in [7, 11) is 0. The van der Waals surface area contributed by atoms with Gasteiger partial charge in [-0.25, -0.2) is 0 Å². The van der Waals surface area contributed by atoms with Crippen molar-refractivity contribution in [1.29, 1.82) is 0 Å². The van der Waals surface area contributed by atoms with Crippen molar-refractivity contribution in [1.82, 2.24) is 0 Å². The van der Waals surface area contributed by atoms with Crippen molar-refractivity contribution in [2.24, 2.45) is 0 Å². The Morgan fingerprint density at radius 1 is 1.54 bits per heavy atom. The highest BCUT2D eigenvalue weighted by Crippen LogP contribution is 2.19. The van der Waals surface area contributed by atoms with Crippen LogP contribution in [0.3, 0.4) is 0 Å². The molecule has 0 radical (unpaired) electrons. The number of hydrogen-bond donors (Lipinski definition) is 0. The highest BCUT2D eigenvalue weighted by molar-refractivity contribution is 14.1. The predicted molar refractivity (Wildman–Crippen MR) is 60.2 cm³/mol. The number of nitrogens with zero attached hydrogens (tertiary/aromatic N) is 1. The molecule has 0 amide bonds. The van der Waals surface area contributed by atoms with Crippen LogP contribution >= 0.6 is 34.2 Å². The Balaban J connectivity index is 2.92. The lowest BCUT2D eigenvalue weighted by Gasteiger charge is -1.95. The number of rotatable bonds is 2. The minimum Gasteiger partial charge on any atom is -0.259 e. The van der Waals surface area contributed by atoms with Crippen LogP contribution in [0.2, 0.25) is 5.02 Å². The molecule has 0 N–H and O–H groups in total. The maximum absolute atomic E-state index is 10.0. The number of benzene rings is 1. The molecule has 0 spiro atoms. The van der Waals surface area contributed by atoms with Gasteiger partial charge in [0.2, 0.25) is 6.20 Å². The third kappa shape index (κ3) is 3.31. The number of hydrogen-bond acceptors (Lipinski definition) is 2. The quantitative estimate of drug-likeness (QED) is 0.478. The van der Waals surface area contributed by atoms with E-state index in [1.54, 1.807) is 18.2 Å². The van der Waals surface area contributed by atoms with Crippen LogP contribution in [0.5, 0.6) is 0 Å². The lowest BCUT2D eigenvalue weighted by Crippen LogP contribution is -1.83. The first-order valence-corrected chi connectivity index (χ1v) is 4.82. The maximum Gasteiger partial charge on any atom is 0.235 e. The Morgan fingerprint density at radius 2 is 2.23 bits per heavy atom. The molecule has 0 saturated heterocycles. The summed E-state index contributed by atoms with van der Waals surface area (Å²) in [6, 6.07) is 5.22. The fraction of sp³-hybridized carbons (Fsp3) is 0. The van der Waals surface area contributed by atoms with Crippen LogP contribution in [-0.2, 0) is 0 Å². The van der Waals surface area contributed by atoms with Gasteiger partial charge in [-0.2, -0.15) is 0 Å². The van der Waals surface area contributed by atoms with Crippen molar-refractivity contribution < 1.29 is 4.92 Å². The molecule has 0 aromatic heterocycles. The minimum atomic E-state index is -0.499. The number of halogens is 2. The van der Waals surface area contributed by atoms with E-state index in [0.29, 0.717) is 5.02 Å². The van der Waals surface area contributed by atoms with Gasteiger partial charge in [0.05, 0.1) is 9.95 Å². The molecule has 5 heteroatoms. The molecule has 0 saturated carbocycles. The molecule has 0 heterocycles. The Hall–Kier alpha value is -0.620. The van der Waals surface area contributed by atoms with Crippen molar-refractivity contribution in [2.75, 3.05) is 0 Å². The zero-order valence-corrected chi connectivity index (χ0v) is 9.32. The predicted octanol–water partition coefficient (Wildman–Crippen LogP) is 3.19. The molecule has 0 aliphatic heterocycles. The van der Waals surface area contributed by atoms with E-state index < -0.39 is 4.92 Å². The summed E-state index contributed by atoms with van der Waals surface area (Å²) < 4.78 is 0.879. The van der Waals surface area contributed by atoms with Gasteiger partial charge >= 0.3 is 0 Å². The van der Waals surface area contributed by atoms with Crippen molar-refractivity contribution in [3.63, 3.8) is 0 Å². The molecule has 0 bridgehead atoms. The average Bonchev–Trinajstić information content (AvgIpc) is 2.07. The second-order valence-corrected chi connectivity index (χ2v) is 3.84. The molecule has 0 aliphatic carbocycles. The third-order valence-corrected chi connectivity index (χ3v) is 2.87. The molecular weight excluding hydrogens is 304 g/mol. The normalized spacial score (nSPS) is 10.6. The summed E-state index contributed by atoms with van der Waals surface area (Å²) in [4.78, 5) is 9.52.